The normalized spacial score (nSPS) is 12.3. The van der Waals surface area contributed by atoms with Crippen molar-refractivity contribution in [1.82, 2.24) is 0 Å². The number of methoxy groups -OCH3 is 2. The Hall–Kier alpha value is -3.76. The van der Waals surface area contributed by atoms with E-state index in [0.717, 1.165) is 0 Å². The number of carbonyl (C=O) groups excluding carboxylic acids is 4. The Morgan fingerprint density at radius 2 is 1.00 bits per heavy atom. The first-order valence-electron chi connectivity index (χ1n) is 8.42. The minimum atomic E-state index is -2.53. The van der Waals surface area contributed by atoms with Gasteiger partial charge in [0.05, 0.1) is 14.2 Å². The first-order valence-corrected chi connectivity index (χ1v) is 8.42. The predicted octanol–water partition coefficient (Wildman–Crippen LogP) is 0.493. The third kappa shape index (κ3) is 5.19. The van der Waals surface area contributed by atoms with Crippen LogP contribution >= 0.6 is 0 Å². The maximum atomic E-state index is 12.1. The van der Waals surface area contributed by atoms with Crippen LogP contribution in [0.25, 0.3) is 0 Å². The number of benzene rings is 2. The van der Waals surface area contributed by atoms with E-state index in [2.05, 4.69) is 9.47 Å². The monoisotopic (exact) mass is 418 g/mol. The zero-order valence-corrected chi connectivity index (χ0v) is 15.9. The van der Waals surface area contributed by atoms with Crippen LogP contribution in [0, 0.1) is 0 Å². The van der Waals surface area contributed by atoms with Crippen molar-refractivity contribution in [3.8, 4) is 11.5 Å². The molecule has 2 atom stereocenters. The van der Waals surface area contributed by atoms with Gasteiger partial charge in [0.15, 0.2) is 0 Å². The van der Waals surface area contributed by atoms with Gasteiger partial charge < -0.3 is 29.2 Å². The minimum absolute atomic E-state index is 0.109. The van der Waals surface area contributed by atoms with Gasteiger partial charge >= 0.3 is 11.9 Å². The summed E-state index contributed by atoms with van der Waals surface area (Å²) in [5.41, 5.74) is -0.218. The Kier molecular flexibility index (Phi) is 7.62. The smallest absolute Gasteiger partial charge is 0.344 e. The van der Waals surface area contributed by atoms with E-state index in [9.17, 15) is 29.4 Å². The van der Waals surface area contributed by atoms with Gasteiger partial charge in [-0.25, -0.2) is 9.59 Å². The highest BCUT2D eigenvalue weighted by Gasteiger charge is 2.35. The van der Waals surface area contributed by atoms with Crippen molar-refractivity contribution in [2.24, 2.45) is 0 Å². The van der Waals surface area contributed by atoms with Crippen LogP contribution in [0.1, 0.15) is 20.7 Å². The van der Waals surface area contributed by atoms with E-state index in [1.807, 2.05) is 0 Å². The highest BCUT2D eigenvalue weighted by molar-refractivity contribution is 6.40. The highest BCUT2D eigenvalue weighted by atomic mass is 16.7. The summed E-state index contributed by atoms with van der Waals surface area (Å²) in [6, 6.07) is 11.6. The zero-order valence-electron chi connectivity index (χ0n) is 15.9. The summed E-state index contributed by atoms with van der Waals surface area (Å²) in [6.07, 6.45) is -5.07. The third-order valence-electron chi connectivity index (χ3n) is 3.78. The number of esters is 2. The summed E-state index contributed by atoms with van der Waals surface area (Å²) in [5.74, 6) is -5.47. The van der Waals surface area contributed by atoms with Crippen LogP contribution < -0.4 is 9.47 Å². The van der Waals surface area contributed by atoms with Crippen molar-refractivity contribution >= 4 is 23.5 Å². The molecule has 10 nitrogen and oxygen atoms in total. The lowest BCUT2D eigenvalue weighted by Crippen LogP contribution is -2.40. The average molecular weight is 418 g/mol. The van der Waals surface area contributed by atoms with Gasteiger partial charge in [-0.15, -0.1) is 0 Å². The molecule has 0 aromatic heterocycles. The summed E-state index contributed by atoms with van der Waals surface area (Å²) >= 11 is 0. The number of hydrogen-bond acceptors (Lipinski definition) is 10. The maximum absolute atomic E-state index is 12.1. The largest absolute Gasteiger partial charge is 0.496 e. The van der Waals surface area contributed by atoms with E-state index in [1.165, 1.54) is 50.6 Å². The number of rotatable bonds is 9. The number of para-hydroxylation sites is 2. The number of Topliss-reactive ketones (excluding diaryl/α,β-unsaturated/α-hetero) is 2. The molecule has 2 aromatic rings. The number of aliphatic hydroxyl groups is 2. The number of ether oxygens (including phenoxy) is 4. The molecule has 10 heteroatoms. The first kappa shape index (κ1) is 22.5. The van der Waals surface area contributed by atoms with Crippen molar-refractivity contribution in [1.29, 1.82) is 0 Å². The molecule has 2 unspecified atom stereocenters. The van der Waals surface area contributed by atoms with E-state index in [4.69, 9.17) is 9.47 Å². The van der Waals surface area contributed by atoms with Crippen molar-refractivity contribution in [3.63, 3.8) is 0 Å². The van der Waals surface area contributed by atoms with Gasteiger partial charge in [-0.3, -0.25) is 9.59 Å². The predicted molar refractivity (Wildman–Crippen MR) is 98.8 cm³/mol. The number of aliphatic hydroxyl groups excluding tert-OH is 2. The minimum Gasteiger partial charge on any atom is -0.496 e. The Morgan fingerprint density at radius 1 is 0.667 bits per heavy atom. The second kappa shape index (κ2) is 10.1. The first-order chi connectivity index (χ1) is 14.3. The standard InChI is InChI=1S/C20H18O10/c1-27-13-9-5-3-7-11(13)17(23)29-19(25)15(21)16(22)20(26)30-18(24)12-8-4-6-10-14(12)28-2/h3-10,19-20,25-26H,1-2H3. The third-order valence-corrected chi connectivity index (χ3v) is 3.78. The molecule has 0 aliphatic rings. The van der Waals surface area contributed by atoms with Crippen LogP contribution in [0.4, 0.5) is 0 Å². The quantitative estimate of drug-likeness (QED) is 0.335. The lowest BCUT2D eigenvalue weighted by Gasteiger charge is -2.15. The maximum Gasteiger partial charge on any atom is 0.344 e. The molecule has 0 saturated heterocycles. The van der Waals surface area contributed by atoms with Crippen LogP contribution in [0.15, 0.2) is 48.5 Å². The Morgan fingerprint density at radius 3 is 1.33 bits per heavy atom. The lowest BCUT2D eigenvalue weighted by atomic mass is 10.2. The fourth-order valence-electron chi connectivity index (χ4n) is 2.31. The van der Waals surface area contributed by atoms with Gasteiger partial charge in [0.25, 0.3) is 24.1 Å². The molecule has 0 amide bonds. The Balaban J connectivity index is 2.02. The summed E-state index contributed by atoms with van der Waals surface area (Å²) in [6.45, 7) is 0. The Labute approximate surface area is 170 Å². The van der Waals surface area contributed by atoms with E-state index in [-0.39, 0.29) is 22.6 Å². The second-order valence-electron chi connectivity index (χ2n) is 5.64. The molecule has 2 N–H and O–H groups in total. The number of hydrogen-bond donors (Lipinski definition) is 2. The Bertz CT molecular complexity index is 875. The summed E-state index contributed by atoms with van der Waals surface area (Å²) in [4.78, 5) is 48.1. The van der Waals surface area contributed by atoms with E-state index < -0.39 is 36.1 Å². The lowest BCUT2D eigenvalue weighted by molar-refractivity contribution is -0.166. The number of ketones is 2. The van der Waals surface area contributed by atoms with Crippen LogP contribution in [-0.2, 0) is 19.1 Å². The number of carbonyl (C=O) groups is 4. The molecule has 30 heavy (non-hydrogen) atoms. The van der Waals surface area contributed by atoms with Gasteiger partial charge in [0, 0.05) is 0 Å². The van der Waals surface area contributed by atoms with Gasteiger partial charge in [-0.1, -0.05) is 24.3 Å². The van der Waals surface area contributed by atoms with Crippen molar-refractivity contribution in [2.75, 3.05) is 14.2 Å². The molecule has 0 radical (unpaired) electrons. The molecule has 0 bridgehead atoms. The highest BCUT2D eigenvalue weighted by Crippen LogP contribution is 2.20. The molecule has 2 aromatic carbocycles. The molecule has 158 valence electrons. The average Bonchev–Trinajstić information content (AvgIpc) is 2.77. The van der Waals surface area contributed by atoms with Crippen LogP contribution in [0.2, 0.25) is 0 Å². The van der Waals surface area contributed by atoms with Crippen molar-refractivity contribution < 1.29 is 48.3 Å². The molecule has 0 spiro atoms. The topological polar surface area (TPSA) is 146 Å². The van der Waals surface area contributed by atoms with Crippen LogP contribution in [0.3, 0.4) is 0 Å². The molecular weight excluding hydrogens is 400 g/mol. The molecule has 0 heterocycles. The van der Waals surface area contributed by atoms with E-state index >= 15 is 0 Å². The molecule has 0 fully saturated rings. The molecule has 0 saturated carbocycles. The summed E-state index contributed by atoms with van der Waals surface area (Å²) in [5, 5.41) is 19.5. The fraction of sp³-hybridized carbons (Fsp3) is 0.200. The van der Waals surface area contributed by atoms with Gasteiger partial charge in [-0.05, 0) is 24.3 Å². The van der Waals surface area contributed by atoms with E-state index in [0.29, 0.717) is 0 Å². The van der Waals surface area contributed by atoms with E-state index in [1.54, 1.807) is 12.1 Å². The molecule has 2 rings (SSSR count). The SMILES string of the molecule is COc1ccccc1C(=O)OC(O)C(=O)C(=O)C(O)OC(=O)c1ccccc1OC. The van der Waals surface area contributed by atoms with Crippen LogP contribution in [0.5, 0.6) is 11.5 Å². The van der Waals surface area contributed by atoms with Gasteiger partial charge in [0.2, 0.25) is 0 Å². The second-order valence-corrected chi connectivity index (χ2v) is 5.64. The molecule has 0 aliphatic heterocycles. The van der Waals surface area contributed by atoms with Gasteiger partial charge in [0.1, 0.15) is 22.6 Å². The van der Waals surface area contributed by atoms with Crippen LogP contribution in [-0.4, -0.2) is 60.5 Å². The van der Waals surface area contributed by atoms with Crippen molar-refractivity contribution in [2.45, 2.75) is 12.6 Å². The summed E-state index contributed by atoms with van der Waals surface area (Å²) in [7, 11) is 2.59. The van der Waals surface area contributed by atoms with Crippen molar-refractivity contribution in [3.05, 3.63) is 59.7 Å². The fourth-order valence-corrected chi connectivity index (χ4v) is 2.31. The molecular formula is C20H18O10. The summed E-state index contributed by atoms with van der Waals surface area (Å²) < 4.78 is 19.0. The van der Waals surface area contributed by atoms with Gasteiger partial charge in [-0.2, -0.15) is 0 Å². The molecule has 0 aliphatic carbocycles. The zero-order chi connectivity index (χ0) is 22.3.